The fraction of sp³-hybridized carbons (Fsp3) is 1.00. The van der Waals surface area contributed by atoms with E-state index in [0.29, 0.717) is 6.04 Å². The Kier molecular flexibility index (Phi) is 4.19. The van der Waals surface area contributed by atoms with Gasteiger partial charge in [0.2, 0.25) is 0 Å². The third kappa shape index (κ3) is 2.12. The molecule has 0 bridgehead atoms. The fourth-order valence-electron chi connectivity index (χ4n) is 1.14. The number of hydrogen-bond acceptors (Lipinski definition) is 2. The number of halogens is 1. The standard InChI is InChI=1S/C6H14N2.ClH/c1-3-6-5(2)4-7-8-6;/h5-8H,3-4H2,1-2H3;1H. The van der Waals surface area contributed by atoms with Gasteiger partial charge in [0.15, 0.2) is 0 Å². The van der Waals surface area contributed by atoms with Crippen LogP contribution in [-0.4, -0.2) is 12.6 Å². The molecule has 0 aromatic rings. The van der Waals surface area contributed by atoms with E-state index in [0.717, 1.165) is 12.5 Å². The molecule has 0 aliphatic carbocycles. The average molecular weight is 151 g/mol. The molecule has 9 heavy (non-hydrogen) atoms. The maximum atomic E-state index is 3.21. The van der Waals surface area contributed by atoms with Crippen molar-refractivity contribution < 1.29 is 0 Å². The van der Waals surface area contributed by atoms with Gasteiger partial charge in [-0.25, -0.2) is 0 Å². The molecule has 0 radical (unpaired) electrons. The van der Waals surface area contributed by atoms with Gasteiger partial charge in [0, 0.05) is 12.6 Å². The van der Waals surface area contributed by atoms with Crippen molar-refractivity contribution in [3.63, 3.8) is 0 Å². The van der Waals surface area contributed by atoms with Crippen LogP contribution in [0.2, 0.25) is 0 Å². The number of nitrogens with one attached hydrogen (secondary N) is 2. The molecular weight excluding hydrogens is 136 g/mol. The van der Waals surface area contributed by atoms with Gasteiger partial charge in [-0.15, -0.1) is 12.4 Å². The Hall–Kier alpha value is 0.210. The van der Waals surface area contributed by atoms with Crippen LogP contribution in [0.4, 0.5) is 0 Å². The Morgan fingerprint density at radius 1 is 1.56 bits per heavy atom. The zero-order valence-electron chi connectivity index (χ0n) is 5.98. The van der Waals surface area contributed by atoms with Crippen LogP contribution in [0.1, 0.15) is 20.3 Å². The van der Waals surface area contributed by atoms with Crippen molar-refractivity contribution in [3.05, 3.63) is 0 Å². The Balaban J connectivity index is 0.000000640. The summed E-state index contributed by atoms with van der Waals surface area (Å²) < 4.78 is 0. The third-order valence-electron chi connectivity index (χ3n) is 1.84. The van der Waals surface area contributed by atoms with Gasteiger partial charge in [-0.05, 0) is 12.3 Å². The van der Waals surface area contributed by atoms with Gasteiger partial charge in [-0.1, -0.05) is 13.8 Å². The first-order chi connectivity index (χ1) is 3.84. The van der Waals surface area contributed by atoms with E-state index in [-0.39, 0.29) is 12.4 Å². The van der Waals surface area contributed by atoms with E-state index in [2.05, 4.69) is 24.7 Å². The second-order valence-electron chi connectivity index (χ2n) is 2.52. The summed E-state index contributed by atoms with van der Waals surface area (Å²) in [4.78, 5) is 0. The van der Waals surface area contributed by atoms with E-state index in [1.807, 2.05) is 0 Å². The van der Waals surface area contributed by atoms with Gasteiger partial charge < -0.3 is 0 Å². The minimum atomic E-state index is 0. The molecule has 1 heterocycles. The molecule has 0 saturated carbocycles. The van der Waals surface area contributed by atoms with E-state index in [9.17, 15) is 0 Å². The Morgan fingerprint density at radius 2 is 2.22 bits per heavy atom. The quantitative estimate of drug-likeness (QED) is 0.581. The molecule has 0 spiro atoms. The molecule has 3 heteroatoms. The highest BCUT2D eigenvalue weighted by molar-refractivity contribution is 5.85. The molecule has 0 aromatic heterocycles. The van der Waals surface area contributed by atoms with Crippen LogP contribution in [-0.2, 0) is 0 Å². The molecule has 0 amide bonds. The van der Waals surface area contributed by atoms with Gasteiger partial charge in [0.25, 0.3) is 0 Å². The number of hydrazine groups is 1. The molecule has 2 N–H and O–H groups in total. The van der Waals surface area contributed by atoms with Crippen molar-refractivity contribution >= 4 is 12.4 Å². The second-order valence-corrected chi connectivity index (χ2v) is 2.52. The molecule has 1 saturated heterocycles. The van der Waals surface area contributed by atoms with Crippen molar-refractivity contribution in [2.75, 3.05) is 6.54 Å². The highest BCUT2D eigenvalue weighted by Gasteiger charge is 2.19. The van der Waals surface area contributed by atoms with Crippen LogP contribution in [0.15, 0.2) is 0 Å². The molecule has 1 aliphatic rings. The van der Waals surface area contributed by atoms with Crippen molar-refractivity contribution in [2.45, 2.75) is 26.3 Å². The maximum absolute atomic E-state index is 3.21. The molecule has 1 aliphatic heterocycles. The van der Waals surface area contributed by atoms with Crippen molar-refractivity contribution in [2.24, 2.45) is 5.92 Å². The lowest BCUT2D eigenvalue weighted by Crippen LogP contribution is -2.30. The molecule has 56 valence electrons. The molecule has 1 fully saturated rings. The lowest BCUT2D eigenvalue weighted by Gasteiger charge is -2.09. The van der Waals surface area contributed by atoms with E-state index in [1.54, 1.807) is 0 Å². The highest BCUT2D eigenvalue weighted by atomic mass is 35.5. The van der Waals surface area contributed by atoms with Crippen LogP contribution in [0.3, 0.4) is 0 Å². The maximum Gasteiger partial charge on any atom is 0.0248 e. The monoisotopic (exact) mass is 150 g/mol. The Bertz CT molecular complexity index is 77.5. The first kappa shape index (κ1) is 9.21. The first-order valence-electron chi connectivity index (χ1n) is 3.33. The topological polar surface area (TPSA) is 24.1 Å². The van der Waals surface area contributed by atoms with E-state index >= 15 is 0 Å². The van der Waals surface area contributed by atoms with Gasteiger partial charge in [-0.3, -0.25) is 10.9 Å². The van der Waals surface area contributed by atoms with Gasteiger partial charge >= 0.3 is 0 Å². The van der Waals surface area contributed by atoms with E-state index < -0.39 is 0 Å². The smallest absolute Gasteiger partial charge is 0.0248 e. The first-order valence-corrected chi connectivity index (χ1v) is 3.33. The minimum Gasteiger partial charge on any atom is -0.257 e. The summed E-state index contributed by atoms with van der Waals surface area (Å²) in [5.41, 5.74) is 6.33. The average Bonchev–Trinajstić information content (AvgIpc) is 2.14. The second kappa shape index (κ2) is 4.09. The summed E-state index contributed by atoms with van der Waals surface area (Å²) in [5, 5.41) is 0. The highest BCUT2D eigenvalue weighted by Crippen LogP contribution is 2.08. The Morgan fingerprint density at radius 3 is 2.44 bits per heavy atom. The normalized spacial score (nSPS) is 34.0. The third-order valence-corrected chi connectivity index (χ3v) is 1.84. The lowest BCUT2D eigenvalue weighted by atomic mass is 10.0. The minimum absolute atomic E-state index is 0. The molecule has 2 nitrogen and oxygen atoms in total. The molecule has 2 unspecified atom stereocenters. The van der Waals surface area contributed by atoms with Crippen LogP contribution < -0.4 is 10.9 Å². The summed E-state index contributed by atoms with van der Waals surface area (Å²) in [6, 6.07) is 0.704. The van der Waals surface area contributed by atoms with Crippen LogP contribution in [0.5, 0.6) is 0 Å². The van der Waals surface area contributed by atoms with Crippen LogP contribution in [0, 0.1) is 5.92 Å². The fourth-order valence-corrected chi connectivity index (χ4v) is 1.14. The van der Waals surface area contributed by atoms with Crippen LogP contribution >= 0.6 is 12.4 Å². The largest absolute Gasteiger partial charge is 0.257 e. The molecule has 0 aromatic carbocycles. The van der Waals surface area contributed by atoms with Gasteiger partial charge in [0.1, 0.15) is 0 Å². The molecule has 1 rings (SSSR count). The molecular formula is C6H15ClN2. The number of hydrogen-bond donors (Lipinski definition) is 2. The number of rotatable bonds is 1. The zero-order valence-corrected chi connectivity index (χ0v) is 6.79. The van der Waals surface area contributed by atoms with Crippen molar-refractivity contribution in [1.29, 1.82) is 0 Å². The summed E-state index contributed by atoms with van der Waals surface area (Å²) in [6.07, 6.45) is 1.23. The van der Waals surface area contributed by atoms with Crippen molar-refractivity contribution in [1.82, 2.24) is 10.9 Å². The summed E-state index contributed by atoms with van der Waals surface area (Å²) in [6.45, 7) is 5.60. The summed E-state index contributed by atoms with van der Waals surface area (Å²) >= 11 is 0. The van der Waals surface area contributed by atoms with E-state index in [1.165, 1.54) is 6.42 Å². The lowest BCUT2D eigenvalue weighted by molar-refractivity contribution is 0.472. The zero-order chi connectivity index (χ0) is 5.98. The van der Waals surface area contributed by atoms with E-state index in [4.69, 9.17) is 0 Å². The Labute approximate surface area is 62.8 Å². The molecule has 2 atom stereocenters. The van der Waals surface area contributed by atoms with Crippen molar-refractivity contribution in [3.8, 4) is 0 Å². The van der Waals surface area contributed by atoms with Crippen LogP contribution in [0.25, 0.3) is 0 Å². The van der Waals surface area contributed by atoms with Gasteiger partial charge in [0.05, 0.1) is 0 Å². The summed E-state index contributed by atoms with van der Waals surface area (Å²) in [5.74, 6) is 0.806. The SMILES string of the molecule is CCC1NNCC1C.Cl. The predicted octanol–water partition coefficient (Wildman–Crippen LogP) is 0.931. The predicted molar refractivity (Wildman–Crippen MR) is 41.6 cm³/mol. The summed E-state index contributed by atoms with van der Waals surface area (Å²) in [7, 11) is 0. The van der Waals surface area contributed by atoms with Gasteiger partial charge in [-0.2, -0.15) is 0 Å².